The van der Waals surface area contributed by atoms with Gasteiger partial charge in [0.25, 0.3) is 0 Å². The Hall–Kier alpha value is -5.82. The lowest BCUT2D eigenvalue weighted by atomic mass is 10.0. The van der Waals surface area contributed by atoms with E-state index in [0.29, 0.717) is 35.2 Å². The summed E-state index contributed by atoms with van der Waals surface area (Å²) >= 11 is 0. The number of aromatic nitrogens is 3. The van der Waals surface area contributed by atoms with Gasteiger partial charge in [0.05, 0.1) is 12.0 Å². The number of phenolic OH excluding ortho intramolecular Hbond substituents is 1. The normalized spacial score (nSPS) is 11.6. The van der Waals surface area contributed by atoms with Crippen LogP contribution in [0, 0.1) is 0 Å². The van der Waals surface area contributed by atoms with Crippen LogP contribution in [0.25, 0.3) is 56.4 Å². The first-order valence-corrected chi connectivity index (χ1v) is 17.8. The maximum Gasteiger partial charge on any atom is 0.307 e. The van der Waals surface area contributed by atoms with Crippen LogP contribution in [-0.2, 0) is 4.79 Å². The van der Waals surface area contributed by atoms with E-state index in [0.717, 1.165) is 52.6 Å². The number of benzene rings is 5. The number of aromatic hydroxyl groups is 1. The van der Waals surface area contributed by atoms with Crippen molar-refractivity contribution in [2.75, 3.05) is 0 Å². The molecule has 2 N–H and O–H groups in total. The van der Waals surface area contributed by atoms with E-state index in [2.05, 4.69) is 31.2 Å². The second kappa shape index (κ2) is 17.2. The van der Waals surface area contributed by atoms with Gasteiger partial charge < -0.3 is 14.9 Å². The van der Waals surface area contributed by atoms with E-state index < -0.39 is 12.1 Å². The Bertz CT molecular complexity index is 1910. The SMILES string of the molecule is CCCCCCCCC(CC(=O)O)Oc1ccc(-c2nc(-c3ccc(-c4ccccc4)cc3)nc(-c3ccc(-c4ccccc4)cc3)n2)c(O)c1. The average Bonchev–Trinajstić information content (AvgIpc) is 3.16. The molecule has 1 aromatic heterocycles. The largest absolute Gasteiger partial charge is 0.507 e. The van der Waals surface area contributed by atoms with Gasteiger partial charge in [-0.15, -0.1) is 0 Å². The summed E-state index contributed by atoms with van der Waals surface area (Å²) in [6, 6.07) is 41.5. The summed E-state index contributed by atoms with van der Waals surface area (Å²) in [4.78, 5) is 26.1. The molecule has 1 heterocycles. The monoisotopic (exact) mass is 677 g/mol. The number of carbonyl (C=O) groups is 1. The van der Waals surface area contributed by atoms with Gasteiger partial charge in [-0.1, -0.05) is 148 Å². The molecule has 7 heteroatoms. The molecule has 0 aliphatic carbocycles. The van der Waals surface area contributed by atoms with Crippen LogP contribution in [0.4, 0.5) is 0 Å². The van der Waals surface area contributed by atoms with Crippen molar-refractivity contribution in [1.82, 2.24) is 15.0 Å². The molecule has 5 aromatic carbocycles. The van der Waals surface area contributed by atoms with Gasteiger partial charge in [-0.05, 0) is 47.2 Å². The molecule has 258 valence electrons. The Morgan fingerprint density at radius 1 is 0.588 bits per heavy atom. The van der Waals surface area contributed by atoms with Gasteiger partial charge in [0.1, 0.15) is 17.6 Å². The van der Waals surface area contributed by atoms with Gasteiger partial charge in [-0.3, -0.25) is 4.79 Å². The van der Waals surface area contributed by atoms with Crippen LogP contribution in [0.1, 0.15) is 58.3 Å². The van der Waals surface area contributed by atoms with Crippen molar-refractivity contribution in [2.24, 2.45) is 0 Å². The highest BCUT2D eigenvalue weighted by Gasteiger charge is 2.19. The van der Waals surface area contributed by atoms with Gasteiger partial charge in [0, 0.05) is 17.2 Å². The van der Waals surface area contributed by atoms with Crippen molar-refractivity contribution in [3.63, 3.8) is 0 Å². The molecular formula is C44H43N3O4. The zero-order chi connectivity index (χ0) is 35.4. The zero-order valence-corrected chi connectivity index (χ0v) is 28.9. The predicted octanol–water partition coefficient (Wildman–Crippen LogP) is 10.9. The molecule has 6 rings (SSSR count). The number of carboxylic acids is 1. The Kier molecular flexibility index (Phi) is 11.8. The minimum Gasteiger partial charge on any atom is -0.507 e. The van der Waals surface area contributed by atoms with Crippen LogP contribution in [0.5, 0.6) is 11.5 Å². The summed E-state index contributed by atoms with van der Waals surface area (Å²) in [5.74, 6) is 0.682. The van der Waals surface area contributed by atoms with Crippen molar-refractivity contribution in [1.29, 1.82) is 0 Å². The minimum absolute atomic E-state index is 0.0666. The Morgan fingerprint density at radius 3 is 1.57 bits per heavy atom. The Labute approximate surface area is 299 Å². The van der Waals surface area contributed by atoms with E-state index >= 15 is 0 Å². The van der Waals surface area contributed by atoms with Gasteiger partial charge in [0.15, 0.2) is 17.5 Å². The van der Waals surface area contributed by atoms with Gasteiger partial charge in [-0.2, -0.15) is 0 Å². The Balaban J connectivity index is 1.30. The molecule has 7 nitrogen and oxygen atoms in total. The second-order valence-corrected chi connectivity index (χ2v) is 12.8. The van der Waals surface area contributed by atoms with Crippen LogP contribution in [0.15, 0.2) is 127 Å². The molecule has 0 fully saturated rings. The first kappa shape index (κ1) is 35.0. The van der Waals surface area contributed by atoms with Crippen LogP contribution < -0.4 is 4.74 Å². The van der Waals surface area contributed by atoms with Gasteiger partial charge >= 0.3 is 5.97 Å². The zero-order valence-electron chi connectivity index (χ0n) is 28.9. The van der Waals surface area contributed by atoms with Crippen molar-refractivity contribution >= 4 is 5.97 Å². The number of nitrogens with zero attached hydrogens (tertiary/aromatic N) is 3. The van der Waals surface area contributed by atoms with E-state index in [1.54, 1.807) is 12.1 Å². The maximum atomic E-state index is 11.6. The van der Waals surface area contributed by atoms with E-state index in [9.17, 15) is 15.0 Å². The van der Waals surface area contributed by atoms with E-state index in [1.165, 1.54) is 25.3 Å². The fourth-order valence-corrected chi connectivity index (χ4v) is 6.16. The highest BCUT2D eigenvalue weighted by Crippen LogP contribution is 2.34. The van der Waals surface area contributed by atoms with Crippen molar-refractivity contribution in [2.45, 2.75) is 64.4 Å². The summed E-state index contributed by atoms with van der Waals surface area (Å²) in [6.07, 6.45) is 6.68. The molecule has 0 radical (unpaired) electrons. The van der Waals surface area contributed by atoms with Crippen LogP contribution in [0.3, 0.4) is 0 Å². The third kappa shape index (κ3) is 9.45. The molecular weight excluding hydrogens is 635 g/mol. The fourth-order valence-electron chi connectivity index (χ4n) is 6.16. The van der Waals surface area contributed by atoms with Crippen LogP contribution >= 0.6 is 0 Å². The number of unbranched alkanes of at least 4 members (excludes halogenated alkanes) is 5. The highest BCUT2D eigenvalue weighted by molar-refractivity contribution is 5.74. The number of aliphatic carboxylic acids is 1. The van der Waals surface area contributed by atoms with Crippen LogP contribution in [0.2, 0.25) is 0 Å². The first-order valence-electron chi connectivity index (χ1n) is 17.8. The predicted molar refractivity (Wildman–Crippen MR) is 203 cm³/mol. The van der Waals surface area contributed by atoms with Gasteiger partial charge in [0.2, 0.25) is 0 Å². The lowest BCUT2D eigenvalue weighted by Gasteiger charge is -2.18. The van der Waals surface area contributed by atoms with Crippen LogP contribution in [-0.4, -0.2) is 37.2 Å². The third-order valence-electron chi connectivity index (χ3n) is 8.93. The standard InChI is InChI=1S/C44H43N3O4/c1-2-3-4-5-6-13-18-37(30-41(49)50)51-38-27-28-39(40(48)29-38)44-46-42(35-23-19-33(20-24-35)31-14-9-7-10-15-31)45-43(47-44)36-25-21-34(22-26-36)32-16-11-8-12-17-32/h7-12,14-17,19-29,37,48H,2-6,13,18,30H2,1H3,(H,49,50). The summed E-state index contributed by atoms with van der Waals surface area (Å²) in [7, 11) is 0. The van der Waals surface area contributed by atoms with Gasteiger partial charge in [-0.25, -0.2) is 15.0 Å². The maximum absolute atomic E-state index is 11.6. The summed E-state index contributed by atoms with van der Waals surface area (Å²) in [5.41, 5.74) is 6.43. The molecule has 0 bridgehead atoms. The number of carboxylic acid groups (broad SMARTS) is 1. The molecule has 0 aliphatic rings. The average molecular weight is 678 g/mol. The number of rotatable bonds is 16. The lowest BCUT2D eigenvalue weighted by Crippen LogP contribution is -2.20. The fraction of sp³-hybridized carbons (Fsp3) is 0.227. The molecule has 1 atom stereocenters. The highest BCUT2D eigenvalue weighted by atomic mass is 16.5. The molecule has 0 amide bonds. The second-order valence-electron chi connectivity index (χ2n) is 12.8. The molecule has 0 saturated carbocycles. The third-order valence-corrected chi connectivity index (χ3v) is 8.93. The summed E-state index contributed by atoms with van der Waals surface area (Å²) < 4.78 is 6.11. The number of hydrogen-bond donors (Lipinski definition) is 2. The number of ether oxygens (including phenoxy) is 1. The molecule has 0 saturated heterocycles. The summed E-state index contributed by atoms with van der Waals surface area (Å²) in [5, 5.41) is 20.8. The lowest BCUT2D eigenvalue weighted by molar-refractivity contribution is -0.138. The Morgan fingerprint density at radius 2 is 1.06 bits per heavy atom. The van der Waals surface area contributed by atoms with Crippen molar-refractivity contribution in [3.05, 3.63) is 127 Å². The topological polar surface area (TPSA) is 105 Å². The molecule has 0 aliphatic heterocycles. The summed E-state index contributed by atoms with van der Waals surface area (Å²) in [6.45, 7) is 2.19. The first-order chi connectivity index (χ1) is 25.0. The van der Waals surface area contributed by atoms with E-state index in [-0.39, 0.29) is 12.2 Å². The molecule has 6 aromatic rings. The molecule has 1 unspecified atom stereocenters. The minimum atomic E-state index is -0.911. The molecule has 51 heavy (non-hydrogen) atoms. The smallest absolute Gasteiger partial charge is 0.307 e. The van der Waals surface area contributed by atoms with E-state index in [1.807, 2.05) is 84.9 Å². The van der Waals surface area contributed by atoms with Crippen molar-refractivity contribution < 1.29 is 19.7 Å². The quantitative estimate of drug-likeness (QED) is 0.0982. The number of hydrogen-bond acceptors (Lipinski definition) is 6. The van der Waals surface area contributed by atoms with E-state index in [4.69, 9.17) is 19.7 Å². The van der Waals surface area contributed by atoms with Crippen molar-refractivity contribution in [3.8, 4) is 67.9 Å². The number of phenols is 1. The molecule has 0 spiro atoms.